The number of unbranched alkanes of at least 4 members (excludes halogenated alkanes) is 1. The maximum atomic E-state index is 8.27. The summed E-state index contributed by atoms with van der Waals surface area (Å²) in [6.45, 7) is 0.202. The first-order valence-electron chi connectivity index (χ1n) is 2.71. The van der Waals surface area contributed by atoms with Crippen LogP contribution in [0.5, 0.6) is 0 Å². The minimum Gasteiger partial charge on any atom is -0.396 e. The highest BCUT2D eigenvalue weighted by molar-refractivity contribution is 5.76. The Morgan fingerprint density at radius 3 is 2.50 bits per heavy atom. The zero-order valence-corrected chi connectivity index (χ0v) is 4.85. The number of aliphatic hydroxyl groups excluding tert-OH is 1. The van der Waals surface area contributed by atoms with E-state index in [1.54, 1.807) is 0 Å². The lowest BCUT2D eigenvalue weighted by atomic mass is 10.2. The number of amidine groups is 1. The van der Waals surface area contributed by atoms with Crippen LogP contribution in [0.15, 0.2) is 0 Å². The highest BCUT2D eigenvalue weighted by atomic mass is 16.2. The van der Waals surface area contributed by atoms with Gasteiger partial charge in [-0.15, -0.1) is 0 Å². The van der Waals surface area contributed by atoms with Crippen molar-refractivity contribution >= 4 is 5.84 Å². The Kier molecular flexibility index (Phi) is 4.26. The number of nitrogens with one attached hydrogen (secondary N) is 1. The molecule has 0 aromatic heterocycles. The fraction of sp³-hybridized carbons (Fsp3) is 0.800. The van der Waals surface area contributed by atoms with E-state index in [2.05, 4.69) is 0 Å². The molecule has 0 aromatic rings. The summed E-state index contributed by atoms with van der Waals surface area (Å²) in [5.41, 5.74) is 5.03. The van der Waals surface area contributed by atoms with Gasteiger partial charge in [-0.1, -0.05) is 0 Å². The molecule has 0 saturated carbocycles. The van der Waals surface area contributed by atoms with Crippen LogP contribution in [0.3, 0.4) is 0 Å². The molecule has 0 spiro atoms. The molecule has 0 unspecified atom stereocenters. The van der Waals surface area contributed by atoms with Gasteiger partial charge in [-0.25, -0.2) is 0 Å². The first-order valence-corrected chi connectivity index (χ1v) is 2.71. The number of aliphatic hydroxyl groups is 1. The third-order valence-corrected chi connectivity index (χ3v) is 0.854. The van der Waals surface area contributed by atoms with Crippen LogP contribution in [-0.4, -0.2) is 17.5 Å². The van der Waals surface area contributed by atoms with Gasteiger partial charge in [0, 0.05) is 13.0 Å². The van der Waals surface area contributed by atoms with Crippen LogP contribution in [0.1, 0.15) is 19.3 Å². The maximum absolute atomic E-state index is 8.27. The van der Waals surface area contributed by atoms with E-state index in [-0.39, 0.29) is 12.4 Å². The molecule has 48 valence electrons. The van der Waals surface area contributed by atoms with E-state index >= 15 is 0 Å². The quantitative estimate of drug-likeness (QED) is 0.276. The average Bonchev–Trinajstić information content (AvgIpc) is 1.66. The van der Waals surface area contributed by atoms with Crippen LogP contribution in [0.25, 0.3) is 0 Å². The van der Waals surface area contributed by atoms with Gasteiger partial charge in [0.1, 0.15) is 0 Å². The molecule has 0 aromatic carbocycles. The second-order valence-electron chi connectivity index (χ2n) is 1.71. The molecule has 0 heterocycles. The molecule has 4 N–H and O–H groups in total. The predicted octanol–water partition coefficient (Wildman–Crippen LogP) is 0.0850. The van der Waals surface area contributed by atoms with E-state index in [4.69, 9.17) is 16.2 Å². The van der Waals surface area contributed by atoms with Gasteiger partial charge in [0.25, 0.3) is 0 Å². The zero-order valence-electron chi connectivity index (χ0n) is 4.85. The minimum atomic E-state index is 0.202. The van der Waals surface area contributed by atoms with Crippen LogP contribution in [0, 0.1) is 5.41 Å². The van der Waals surface area contributed by atoms with Gasteiger partial charge in [0.2, 0.25) is 0 Å². The number of nitrogens with two attached hydrogens (primary N) is 1. The molecule has 0 atom stereocenters. The molecule has 0 fully saturated rings. The summed E-state index contributed by atoms with van der Waals surface area (Å²) in [6, 6.07) is 0. The van der Waals surface area contributed by atoms with Crippen LogP contribution < -0.4 is 5.73 Å². The minimum absolute atomic E-state index is 0.202. The first-order chi connectivity index (χ1) is 3.77. The van der Waals surface area contributed by atoms with Crippen molar-refractivity contribution in [3.05, 3.63) is 0 Å². The summed E-state index contributed by atoms with van der Waals surface area (Å²) in [7, 11) is 0. The lowest BCUT2D eigenvalue weighted by molar-refractivity contribution is 0.285. The van der Waals surface area contributed by atoms with Crippen molar-refractivity contribution in [1.82, 2.24) is 0 Å². The van der Waals surface area contributed by atoms with Crippen molar-refractivity contribution in [3.8, 4) is 0 Å². The van der Waals surface area contributed by atoms with Crippen molar-refractivity contribution in [2.24, 2.45) is 5.73 Å². The van der Waals surface area contributed by atoms with Crippen LogP contribution in [-0.2, 0) is 0 Å². The van der Waals surface area contributed by atoms with E-state index in [0.29, 0.717) is 6.42 Å². The van der Waals surface area contributed by atoms with Crippen LogP contribution in [0.2, 0.25) is 0 Å². The van der Waals surface area contributed by atoms with Crippen molar-refractivity contribution in [2.75, 3.05) is 6.61 Å². The molecule has 8 heavy (non-hydrogen) atoms. The number of hydrogen-bond acceptors (Lipinski definition) is 2. The average molecular weight is 116 g/mol. The summed E-state index contributed by atoms with van der Waals surface area (Å²) < 4.78 is 0. The van der Waals surface area contributed by atoms with E-state index in [9.17, 15) is 0 Å². The predicted molar refractivity (Wildman–Crippen MR) is 32.9 cm³/mol. The highest BCUT2D eigenvalue weighted by Gasteiger charge is 1.87. The Labute approximate surface area is 49.0 Å². The zero-order chi connectivity index (χ0) is 6.41. The SMILES string of the molecule is N=C(N)CCCCO. The molecule has 3 heteroatoms. The standard InChI is InChI=1S/C5H12N2O/c6-5(7)3-1-2-4-8/h8H,1-4H2,(H3,6,7). The van der Waals surface area contributed by atoms with Gasteiger partial charge in [0.15, 0.2) is 0 Å². The number of hydrogen-bond donors (Lipinski definition) is 3. The second kappa shape index (κ2) is 4.59. The second-order valence-corrected chi connectivity index (χ2v) is 1.71. The third kappa shape index (κ3) is 5.43. The van der Waals surface area contributed by atoms with E-state index in [1.807, 2.05) is 0 Å². The van der Waals surface area contributed by atoms with Crippen LogP contribution >= 0.6 is 0 Å². The Morgan fingerprint density at radius 1 is 1.50 bits per heavy atom. The Balaban J connectivity index is 2.82. The Bertz CT molecular complexity index is 72.8. The van der Waals surface area contributed by atoms with Gasteiger partial charge >= 0.3 is 0 Å². The monoisotopic (exact) mass is 116 g/mol. The van der Waals surface area contributed by atoms with Crippen molar-refractivity contribution in [1.29, 1.82) is 5.41 Å². The lowest BCUT2D eigenvalue weighted by Gasteiger charge is -1.93. The van der Waals surface area contributed by atoms with Gasteiger partial charge < -0.3 is 10.8 Å². The molecule has 0 rings (SSSR count). The van der Waals surface area contributed by atoms with E-state index < -0.39 is 0 Å². The largest absolute Gasteiger partial charge is 0.396 e. The molecule has 0 aliphatic rings. The third-order valence-electron chi connectivity index (χ3n) is 0.854. The smallest absolute Gasteiger partial charge is 0.0905 e. The summed E-state index contributed by atoms with van der Waals surface area (Å²) >= 11 is 0. The Hall–Kier alpha value is -0.570. The normalized spacial score (nSPS) is 9.12. The molecule has 0 bridgehead atoms. The maximum Gasteiger partial charge on any atom is 0.0905 e. The topological polar surface area (TPSA) is 70.1 Å². The van der Waals surface area contributed by atoms with Crippen molar-refractivity contribution in [2.45, 2.75) is 19.3 Å². The highest BCUT2D eigenvalue weighted by Crippen LogP contribution is 1.91. The molecule has 0 aliphatic carbocycles. The molecule has 0 amide bonds. The Morgan fingerprint density at radius 2 is 2.12 bits per heavy atom. The van der Waals surface area contributed by atoms with Gasteiger partial charge in [-0.2, -0.15) is 0 Å². The van der Waals surface area contributed by atoms with E-state index in [0.717, 1.165) is 12.8 Å². The molecular formula is C5H12N2O. The molecule has 0 radical (unpaired) electrons. The summed E-state index contributed by atoms with van der Waals surface area (Å²) in [5.74, 6) is 0.207. The van der Waals surface area contributed by atoms with Crippen molar-refractivity contribution < 1.29 is 5.11 Å². The van der Waals surface area contributed by atoms with Gasteiger partial charge in [0.05, 0.1) is 5.84 Å². The molecule has 3 nitrogen and oxygen atoms in total. The summed E-state index contributed by atoms with van der Waals surface area (Å²) in [4.78, 5) is 0. The lowest BCUT2D eigenvalue weighted by Crippen LogP contribution is -2.08. The molecule has 0 aliphatic heterocycles. The van der Waals surface area contributed by atoms with Gasteiger partial charge in [-0.05, 0) is 12.8 Å². The van der Waals surface area contributed by atoms with Crippen molar-refractivity contribution in [3.63, 3.8) is 0 Å². The summed E-state index contributed by atoms with van der Waals surface area (Å²) in [5, 5.41) is 15.0. The summed E-state index contributed by atoms with van der Waals surface area (Å²) in [6.07, 6.45) is 2.19. The molecule has 0 saturated heterocycles. The van der Waals surface area contributed by atoms with E-state index in [1.165, 1.54) is 0 Å². The van der Waals surface area contributed by atoms with Crippen LogP contribution in [0.4, 0.5) is 0 Å². The fourth-order valence-corrected chi connectivity index (χ4v) is 0.427. The fourth-order valence-electron chi connectivity index (χ4n) is 0.427. The number of rotatable bonds is 4. The first kappa shape index (κ1) is 7.43. The van der Waals surface area contributed by atoms with Gasteiger partial charge in [-0.3, -0.25) is 5.41 Å². The molecular weight excluding hydrogens is 104 g/mol.